The summed E-state index contributed by atoms with van der Waals surface area (Å²) in [6.07, 6.45) is 3.49. The van der Waals surface area contributed by atoms with Gasteiger partial charge in [-0.1, -0.05) is 18.2 Å². The molecule has 2 saturated heterocycles. The number of urea groups is 1. The van der Waals surface area contributed by atoms with Gasteiger partial charge in [0, 0.05) is 37.6 Å². The fraction of sp³-hybridized carbons (Fsp3) is 0.300. The highest BCUT2D eigenvalue weighted by atomic mass is 35.5. The van der Waals surface area contributed by atoms with Gasteiger partial charge in [0.05, 0.1) is 6.04 Å². The third-order valence-electron chi connectivity index (χ3n) is 5.33. The van der Waals surface area contributed by atoms with Crippen molar-refractivity contribution in [2.45, 2.75) is 18.5 Å². The first-order chi connectivity index (χ1) is 13.5. The number of amides is 4. The van der Waals surface area contributed by atoms with Gasteiger partial charge in [-0.05, 0) is 36.2 Å². The van der Waals surface area contributed by atoms with Crippen LogP contribution in [-0.4, -0.2) is 47.4 Å². The molecule has 152 valence electrons. The van der Waals surface area contributed by atoms with E-state index in [-0.39, 0.29) is 24.4 Å². The molecule has 0 spiro atoms. The van der Waals surface area contributed by atoms with Crippen LogP contribution < -0.4 is 16.0 Å². The minimum absolute atomic E-state index is 0. The molecule has 3 heterocycles. The highest BCUT2D eigenvalue weighted by Gasteiger charge is 2.43. The first-order valence-corrected chi connectivity index (χ1v) is 9.15. The van der Waals surface area contributed by atoms with Crippen LogP contribution in [0.1, 0.15) is 34.5 Å². The van der Waals surface area contributed by atoms with Crippen molar-refractivity contribution in [3.8, 4) is 0 Å². The van der Waals surface area contributed by atoms with Crippen LogP contribution in [0.25, 0.3) is 0 Å². The van der Waals surface area contributed by atoms with Crippen molar-refractivity contribution >= 4 is 30.3 Å². The zero-order chi connectivity index (χ0) is 19.7. The first-order valence-electron chi connectivity index (χ1n) is 9.15. The molecule has 0 bridgehead atoms. The molecule has 9 heteroatoms. The number of carbonyl (C=O) groups excluding carboxylic acids is 3. The van der Waals surface area contributed by atoms with E-state index in [1.165, 1.54) is 0 Å². The Morgan fingerprint density at radius 1 is 1.21 bits per heavy atom. The van der Waals surface area contributed by atoms with Gasteiger partial charge in [-0.3, -0.25) is 19.9 Å². The number of piperazine rings is 1. The Hall–Kier alpha value is -2.97. The molecule has 3 N–H and O–H groups in total. The molecule has 0 radical (unpaired) electrons. The van der Waals surface area contributed by atoms with Gasteiger partial charge in [0.15, 0.2) is 0 Å². The number of nitrogens with zero attached hydrogens (tertiary/aromatic N) is 2. The number of halogens is 1. The Bertz CT molecular complexity index is 921. The Morgan fingerprint density at radius 3 is 2.59 bits per heavy atom. The maximum atomic E-state index is 13.1. The zero-order valence-electron chi connectivity index (χ0n) is 15.8. The lowest BCUT2D eigenvalue weighted by atomic mass is 9.91. The van der Waals surface area contributed by atoms with Crippen molar-refractivity contribution in [3.05, 3.63) is 65.5 Å². The molecular formula is C20H22ClN5O3. The number of hydrogen-bond acceptors (Lipinski definition) is 5. The van der Waals surface area contributed by atoms with Gasteiger partial charge in [0.1, 0.15) is 5.54 Å². The summed E-state index contributed by atoms with van der Waals surface area (Å²) in [6, 6.07) is 10.0. The molecule has 8 nitrogen and oxygen atoms in total. The molecule has 2 unspecified atom stereocenters. The second-order valence-corrected chi connectivity index (χ2v) is 7.12. The standard InChI is InChI=1S/C20H21N5O3.ClH/c1-20(18(27)23-19(28)24-20)15-6-4-13(5-7-15)17(26)25-10-9-22-12-16(25)14-3-2-8-21-11-14;/h2-8,11,16,22H,9-10,12H2,1H3,(H2,23,24,27,28);1H. The van der Waals surface area contributed by atoms with E-state index in [4.69, 9.17) is 0 Å². The summed E-state index contributed by atoms with van der Waals surface area (Å²) >= 11 is 0. The van der Waals surface area contributed by atoms with Crippen molar-refractivity contribution in [2.75, 3.05) is 19.6 Å². The minimum atomic E-state index is -1.13. The number of carbonyl (C=O) groups is 3. The third-order valence-corrected chi connectivity index (χ3v) is 5.33. The van der Waals surface area contributed by atoms with Gasteiger partial charge in [-0.15, -0.1) is 12.4 Å². The summed E-state index contributed by atoms with van der Waals surface area (Å²) in [4.78, 5) is 42.7. The second-order valence-electron chi connectivity index (χ2n) is 7.12. The van der Waals surface area contributed by atoms with Crippen molar-refractivity contribution in [1.82, 2.24) is 25.8 Å². The van der Waals surface area contributed by atoms with E-state index in [0.717, 1.165) is 12.1 Å². The highest BCUT2D eigenvalue weighted by molar-refractivity contribution is 6.07. The molecule has 1 aromatic carbocycles. The maximum Gasteiger partial charge on any atom is 0.322 e. The Kier molecular flexibility index (Phi) is 5.86. The van der Waals surface area contributed by atoms with E-state index in [2.05, 4.69) is 20.9 Å². The molecule has 4 amide bonds. The predicted octanol–water partition coefficient (Wildman–Crippen LogP) is 1.34. The third kappa shape index (κ3) is 3.81. The lowest BCUT2D eigenvalue weighted by Gasteiger charge is -2.36. The fourth-order valence-corrected chi connectivity index (χ4v) is 3.68. The summed E-state index contributed by atoms with van der Waals surface area (Å²) in [5.74, 6) is -0.484. The SMILES string of the molecule is CC1(c2ccc(C(=O)N3CCNCC3c3cccnc3)cc2)NC(=O)NC1=O.Cl. The van der Waals surface area contributed by atoms with Crippen LogP contribution in [-0.2, 0) is 10.3 Å². The molecule has 2 atom stereocenters. The minimum Gasteiger partial charge on any atom is -0.329 e. The average molecular weight is 416 g/mol. The Balaban J connectivity index is 0.00000240. The molecule has 2 aromatic rings. The molecule has 0 aliphatic carbocycles. The number of aromatic nitrogens is 1. The van der Waals surface area contributed by atoms with Gasteiger partial charge >= 0.3 is 6.03 Å². The van der Waals surface area contributed by atoms with Crippen molar-refractivity contribution < 1.29 is 14.4 Å². The number of pyridine rings is 1. The average Bonchev–Trinajstić information content (AvgIpc) is 3.00. The van der Waals surface area contributed by atoms with Crippen molar-refractivity contribution in [1.29, 1.82) is 0 Å². The summed E-state index contributed by atoms with van der Waals surface area (Å²) in [7, 11) is 0. The summed E-state index contributed by atoms with van der Waals surface area (Å²) < 4.78 is 0. The molecular weight excluding hydrogens is 394 g/mol. The van der Waals surface area contributed by atoms with Crippen LogP contribution in [0.4, 0.5) is 4.79 Å². The van der Waals surface area contributed by atoms with Crippen molar-refractivity contribution in [2.24, 2.45) is 0 Å². The molecule has 4 rings (SSSR count). The molecule has 2 aliphatic rings. The van der Waals surface area contributed by atoms with Crippen LogP contribution in [0.5, 0.6) is 0 Å². The summed E-state index contributed by atoms with van der Waals surface area (Å²) in [5.41, 5.74) is 1.01. The second kappa shape index (κ2) is 8.18. The highest BCUT2D eigenvalue weighted by Crippen LogP contribution is 2.27. The zero-order valence-corrected chi connectivity index (χ0v) is 16.7. The smallest absolute Gasteiger partial charge is 0.322 e. The number of imide groups is 1. The van der Waals surface area contributed by atoms with Crippen LogP contribution in [0, 0.1) is 0 Å². The van der Waals surface area contributed by atoms with E-state index in [9.17, 15) is 14.4 Å². The normalized spacial score (nSPS) is 23.8. The molecule has 2 aliphatic heterocycles. The Labute approximate surface area is 174 Å². The van der Waals surface area contributed by atoms with Gasteiger partial charge in [-0.2, -0.15) is 0 Å². The lowest BCUT2D eigenvalue weighted by Crippen LogP contribution is -2.48. The van der Waals surface area contributed by atoms with E-state index >= 15 is 0 Å². The molecule has 29 heavy (non-hydrogen) atoms. The van der Waals surface area contributed by atoms with Gasteiger partial charge in [-0.25, -0.2) is 4.79 Å². The summed E-state index contributed by atoms with van der Waals surface area (Å²) in [6.45, 7) is 3.62. The largest absolute Gasteiger partial charge is 0.329 e. The van der Waals surface area contributed by atoms with E-state index in [1.807, 2.05) is 17.0 Å². The van der Waals surface area contributed by atoms with E-state index < -0.39 is 17.5 Å². The number of benzene rings is 1. The predicted molar refractivity (Wildman–Crippen MR) is 109 cm³/mol. The first kappa shape index (κ1) is 20.8. The van der Waals surface area contributed by atoms with Gasteiger partial charge in [0.25, 0.3) is 11.8 Å². The van der Waals surface area contributed by atoms with E-state index in [1.54, 1.807) is 43.6 Å². The lowest BCUT2D eigenvalue weighted by molar-refractivity contribution is -0.123. The van der Waals surface area contributed by atoms with Crippen LogP contribution >= 0.6 is 12.4 Å². The number of rotatable bonds is 3. The topological polar surface area (TPSA) is 103 Å². The quantitative estimate of drug-likeness (QED) is 0.656. The van der Waals surface area contributed by atoms with Gasteiger partial charge in [0.2, 0.25) is 0 Å². The van der Waals surface area contributed by atoms with Gasteiger partial charge < -0.3 is 15.5 Å². The molecule has 2 fully saturated rings. The van der Waals surface area contributed by atoms with Crippen LogP contribution in [0.3, 0.4) is 0 Å². The number of nitrogens with one attached hydrogen (secondary N) is 3. The van der Waals surface area contributed by atoms with E-state index in [0.29, 0.717) is 24.2 Å². The van der Waals surface area contributed by atoms with Crippen LogP contribution in [0.15, 0.2) is 48.8 Å². The van der Waals surface area contributed by atoms with Crippen LogP contribution in [0.2, 0.25) is 0 Å². The monoisotopic (exact) mass is 415 g/mol. The number of hydrogen-bond donors (Lipinski definition) is 3. The molecule has 1 aromatic heterocycles. The Morgan fingerprint density at radius 2 is 1.97 bits per heavy atom. The van der Waals surface area contributed by atoms with Crippen molar-refractivity contribution in [3.63, 3.8) is 0 Å². The fourth-order valence-electron chi connectivity index (χ4n) is 3.68. The summed E-state index contributed by atoms with van der Waals surface area (Å²) in [5, 5.41) is 8.19. The maximum absolute atomic E-state index is 13.1. The molecule has 0 saturated carbocycles.